The number of rotatable bonds is 7. The van der Waals surface area contributed by atoms with Crippen molar-refractivity contribution in [2.75, 3.05) is 25.6 Å². The van der Waals surface area contributed by atoms with Gasteiger partial charge in [0.1, 0.15) is 18.0 Å². The zero-order chi connectivity index (χ0) is 24.4. The van der Waals surface area contributed by atoms with Gasteiger partial charge in [-0.1, -0.05) is 54.6 Å². The summed E-state index contributed by atoms with van der Waals surface area (Å²) in [4.78, 5) is 14.8. The minimum absolute atomic E-state index is 0.0570. The highest BCUT2D eigenvalue weighted by Gasteiger charge is 2.46. The summed E-state index contributed by atoms with van der Waals surface area (Å²) < 4.78 is 12.2. The summed E-state index contributed by atoms with van der Waals surface area (Å²) >= 11 is 0. The van der Waals surface area contributed by atoms with Crippen LogP contribution < -0.4 is 15.0 Å². The van der Waals surface area contributed by atoms with Gasteiger partial charge in [0.15, 0.2) is 0 Å². The molecule has 0 aromatic heterocycles. The molecule has 1 fully saturated rings. The number of aliphatic hydroxyl groups excluding tert-OH is 1. The van der Waals surface area contributed by atoms with E-state index in [2.05, 4.69) is 40.5 Å². The first-order chi connectivity index (χ1) is 17.0. The number of aliphatic hydroxyl groups is 1. The van der Waals surface area contributed by atoms with E-state index in [1.54, 1.807) is 0 Å². The van der Waals surface area contributed by atoms with Crippen LogP contribution in [0.4, 0.5) is 5.69 Å². The van der Waals surface area contributed by atoms with Crippen molar-refractivity contribution in [1.82, 2.24) is 5.32 Å². The van der Waals surface area contributed by atoms with Gasteiger partial charge in [-0.05, 0) is 41.3 Å². The molecule has 3 aromatic carbocycles. The Morgan fingerprint density at radius 3 is 2.49 bits per heavy atom. The Labute approximate surface area is 206 Å². The molecular formula is C29H32N2O4. The number of fused-ring (bicyclic) bond motifs is 3. The molecule has 6 nitrogen and oxygen atoms in total. The van der Waals surface area contributed by atoms with E-state index in [1.807, 2.05) is 56.6 Å². The molecule has 2 aliphatic heterocycles. The fourth-order valence-corrected chi connectivity index (χ4v) is 5.08. The Morgan fingerprint density at radius 2 is 1.77 bits per heavy atom. The normalized spacial score (nSPS) is 22.6. The monoisotopic (exact) mass is 472 g/mol. The van der Waals surface area contributed by atoms with E-state index >= 15 is 0 Å². The number of carbonyl (C=O) groups excluding carboxylic acids is 1. The van der Waals surface area contributed by atoms with Crippen LogP contribution in [-0.2, 0) is 16.1 Å². The molecule has 0 aliphatic carbocycles. The van der Waals surface area contributed by atoms with Gasteiger partial charge in [0.2, 0.25) is 5.91 Å². The predicted molar refractivity (Wildman–Crippen MR) is 137 cm³/mol. The Morgan fingerprint density at radius 1 is 1.03 bits per heavy atom. The van der Waals surface area contributed by atoms with Gasteiger partial charge in [-0.3, -0.25) is 4.79 Å². The first-order valence-electron chi connectivity index (χ1n) is 12.2. The van der Waals surface area contributed by atoms with Crippen LogP contribution in [0.1, 0.15) is 29.9 Å². The average molecular weight is 473 g/mol. The SMILES string of the molecule is CN(C)c1ccc2c(c1)[C@@H]1C[C@H](CC(=O)NCc3ccc(-c4ccccc4)cc3)O[C@@H](CO)[C@@H]1O2. The molecular weight excluding hydrogens is 440 g/mol. The highest BCUT2D eigenvalue weighted by Crippen LogP contribution is 2.47. The van der Waals surface area contributed by atoms with Crippen LogP contribution in [0.5, 0.6) is 5.75 Å². The Kier molecular flexibility index (Phi) is 6.75. The lowest BCUT2D eigenvalue weighted by atomic mass is 9.84. The number of anilines is 1. The molecule has 35 heavy (non-hydrogen) atoms. The van der Waals surface area contributed by atoms with E-state index < -0.39 is 6.10 Å². The quantitative estimate of drug-likeness (QED) is 0.541. The van der Waals surface area contributed by atoms with E-state index in [0.29, 0.717) is 13.0 Å². The molecule has 5 rings (SSSR count). The first kappa shape index (κ1) is 23.4. The highest BCUT2D eigenvalue weighted by atomic mass is 16.6. The molecule has 2 aliphatic rings. The molecule has 1 amide bonds. The maximum absolute atomic E-state index is 12.8. The summed E-state index contributed by atoms with van der Waals surface area (Å²) in [6.45, 7) is 0.329. The summed E-state index contributed by atoms with van der Waals surface area (Å²) in [5.41, 5.74) is 5.60. The van der Waals surface area contributed by atoms with Crippen molar-refractivity contribution in [2.45, 2.75) is 43.6 Å². The van der Waals surface area contributed by atoms with Crippen molar-refractivity contribution in [3.05, 3.63) is 83.9 Å². The van der Waals surface area contributed by atoms with Crippen molar-refractivity contribution in [3.8, 4) is 16.9 Å². The van der Waals surface area contributed by atoms with Crippen LogP contribution in [0.2, 0.25) is 0 Å². The molecule has 182 valence electrons. The molecule has 2 heterocycles. The minimum Gasteiger partial charge on any atom is -0.487 e. The molecule has 1 saturated heterocycles. The number of amides is 1. The number of nitrogens with one attached hydrogen (secondary N) is 1. The summed E-state index contributed by atoms with van der Waals surface area (Å²) in [5, 5.41) is 13.0. The lowest BCUT2D eigenvalue weighted by Crippen LogP contribution is -2.47. The molecule has 0 spiro atoms. The van der Waals surface area contributed by atoms with Crippen LogP contribution >= 0.6 is 0 Å². The van der Waals surface area contributed by atoms with E-state index in [0.717, 1.165) is 28.1 Å². The van der Waals surface area contributed by atoms with Gasteiger partial charge in [-0.15, -0.1) is 0 Å². The molecule has 0 saturated carbocycles. The maximum Gasteiger partial charge on any atom is 0.222 e. The minimum atomic E-state index is -0.452. The predicted octanol–water partition coefficient (Wildman–Crippen LogP) is 4.12. The largest absolute Gasteiger partial charge is 0.487 e. The van der Waals surface area contributed by atoms with Gasteiger partial charge in [-0.2, -0.15) is 0 Å². The second kappa shape index (κ2) is 10.1. The molecule has 2 N–H and O–H groups in total. The number of benzene rings is 3. The Bertz CT molecular complexity index is 1160. The highest BCUT2D eigenvalue weighted by molar-refractivity contribution is 5.76. The second-order valence-corrected chi connectivity index (χ2v) is 9.56. The zero-order valence-corrected chi connectivity index (χ0v) is 20.2. The van der Waals surface area contributed by atoms with Crippen molar-refractivity contribution < 1.29 is 19.4 Å². The van der Waals surface area contributed by atoms with Gasteiger partial charge < -0.3 is 24.8 Å². The van der Waals surface area contributed by atoms with Gasteiger partial charge in [0.25, 0.3) is 0 Å². The van der Waals surface area contributed by atoms with Crippen LogP contribution in [0, 0.1) is 0 Å². The van der Waals surface area contributed by atoms with Crippen LogP contribution in [0.15, 0.2) is 72.8 Å². The van der Waals surface area contributed by atoms with E-state index in [-0.39, 0.29) is 37.1 Å². The number of ether oxygens (including phenoxy) is 2. The van der Waals surface area contributed by atoms with Gasteiger partial charge in [-0.25, -0.2) is 0 Å². The number of hydrogen-bond donors (Lipinski definition) is 2. The summed E-state index contributed by atoms with van der Waals surface area (Å²) in [7, 11) is 4.02. The number of carbonyl (C=O) groups is 1. The lowest BCUT2D eigenvalue weighted by Gasteiger charge is -2.37. The molecule has 0 bridgehead atoms. The number of nitrogens with zero attached hydrogens (tertiary/aromatic N) is 1. The van der Waals surface area contributed by atoms with Crippen molar-refractivity contribution in [3.63, 3.8) is 0 Å². The lowest BCUT2D eigenvalue weighted by molar-refractivity contribution is -0.142. The van der Waals surface area contributed by atoms with Crippen LogP contribution in [0.25, 0.3) is 11.1 Å². The fraction of sp³-hybridized carbons (Fsp3) is 0.345. The summed E-state index contributed by atoms with van der Waals surface area (Å²) in [5.74, 6) is 0.884. The van der Waals surface area contributed by atoms with E-state index in [1.165, 1.54) is 5.56 Å². The third-order valence-corrected chi connectivity index (χ3v) is 6.96. The van der Waals surface area contributed by atoms with Gasteiger partial charge in [0, 0.05) is 37.8 Å². The molecule has 0 radical (unpaired) electrons. The first-order valence-corrected chi connectivity index (χ1v) is 12.2. The Hall–Kier alpha value is -3.35. The Balaban J connectivity index is 1.20. The van der Waals surface area contributed by atoms with Crippen molar-refractivity contribution in [2.24, 2.45) is 0 Å². The maximum atomic E-state index is 12.8. The average Bonchev–Trinajstić information content (AvgIpc) is 3.25. The topological polar surface area (TPSA) is 71.0 Å². The number of hydrogen-bond acceptors (Lipinski definition) is 5. The molecule has 3 aromatic rings. The third kappa shape index (κ3) is 5.04. The fourth-order valence-electron chi connectivity index (χ4n) is 5.08. The second-order valence-electron chi connectivity index (χ2n) is 9.56. The molecule has 6 heteroatoms. The van der Waals surface area contributed by atoms with Gasteiger partial charge >= 0.3 is 0 Å². The van der Waals surface area contributed by atoms with Crippen LogP contribution in [0.3, 0.4) is 0 Å². The van der Waals surface area contributed by atoms with Crippen LogP contribution in [-0.4, -0.2) is 50.0 Å². The van der Waals surface area contributed by atoms with Gasteiger partial charge in [0.05, 0.1) is 19.1 Å². The zero-order valence-electron chi connectivity index (χ0n) is 20.2. The summed E-state index contributed by atoms with van der Waals surface area (Å²) in [6.07, 6.45) is -0.0112. The van der Waals surface area contributed by atoms with Crippen molar-refractivity contribution >= 4 is 11.6 Å². The smallest absolute Gasteiger partial charge is 0.222 e. The molecule has 0 unspecified atom stereocenters. The van der Waals surface area contributed by atoms with E-state index in [4.69, 9.17) is 9.47 Å². The van der Waals surface area contributed by atoms with Crippen molar-refractivity contribution in [1.29, 1.82) is 0 Å². The summed E-state index contributed by atoms with van der Waals surface area (Å²) in [6, 6.07) is 24.6. The van der Waals surface area contributed by atoms with E-state index in [9.17, 15) is 9.90 Å². The third-order valence-electron chi connectivity index (χ3n) is 6.96. The standard InChI is InChI=1S/C29H32N2O4/c1-31(2)22-12-13-26-24(14-22)25-15-23(34-27(18-32)29(25)35-26)16-28(33)30-17-19-8-10-21(11-9-19)20-6-4-3-5-7-20/h3-14,23,25,27,29,32H,15-18H2,1-2H3,(H,30,33)/t23-,25+,27+,29-/m1/s1. The molecule has 4 atom stereocenters.